The van der Waals surface area contributed by atoms with Crippen molar-refractivity contribution in [1.82, 2.24) is 15.1 Å². The average molecular weight is 579 g/mol. The van der Waals surface area contributed by atoms with Crippen molar-refractivity contribution in [3.8, 4) is 5.75 Å². The highest BCUT2D eigenvalue weighted by Gasteiger charge is 2.30. The van der Waals surface area contributed by atoms with Gasteiger partial charge in [-0.3, -0.25) is 4.90 Å². The highest BCUT2D eigenvalue weighted by atomic mass is 32.1. The Morgan fingerprint density at radius 1 is 1.02 bits per heavy atom. The lowest BCUT2D eigenvalue weighted by Gasteiger charge is -2.29. The first-order valence-corrected chi connectivity index (χ1v) is 14.0. The molecule has 218 valence electrons. The van der Waals surface area contributed by atoms with Gasteiger partial charge in [-0.2, -0.15) is 13.2 Å². The van der Waals surface area contributed by atoms with Gasteiger partial charge in [-0.15, -0.1) is 0 Å². The second-order valence-electron chi connectivity index (χ2n) is 10.3. The van der Waals surface area contributed by atoms with Crippen LogP contribution in [-0.2, 0) is 22.4 Å². The van der Waals surface area contributed by atoms with Crippen molar-refractivity contribution in [3.63, 3.8) is 0 Å². The van der Waals surface area contributed by atoms with Gasteiger partial charge in [0.2, 0.25) is 0 Å². The molecule has 0 atom stereocenters. The second kappa shape index (κ2) is 14.8. The number of likely N-dealkylation sites (tertiary alicyclic amines) is 1. The van der Waals surface area contributed by atoms with E-state index >= 15 is 0 Å². The van der Waals surface area contributed by atoms with Crippen LogP contribution in [0.3, 0.4) is 0 Å². The minimum absolute atomic E-state index is 0.0634. The lowest BCUT2D eigenvalue weighted by atomic mass is 9.97. The van der Waals surface area contributed by atoms with E-state index in [1.165, 1.54) is 25.0 Å². The number of piperidine rings is 1. The molecule has 2 aliphatic heterocycles. The van der Waals surface area contributed by atoms with Gasteiger partial charge in [0.05, 0.1) is 18.8 Å². The summed E-state index contributed by atoms with van der Waals surface area (Å²) in [5.74, 6) is 1.34. The van der Waals surface area contributed by atoms with Crippen LogP contribution in [-0.4, -0.2) is 86.6 Å². The Balaban J connectivity index is 1.31. The van der Waals surface area contributed by atoms with E-state index in [1.807, 2.05) is 24.3 Å². The summed E-state index contributed by atoms with van der Waals surface area (Å²) in [6.07, 6.45) is -2.01. The van der Waals surface area contributed by atoms with Crippen molar-refractivity contribution in [2.24, 2.45) is 11.1 Å². The fraction of sp³-hybridized carbons (Fsp3) is 0.517. The summed E-state index contributed by atoms with van der Waals surface area (Å²) >= 11 is 5.46. The molecule has 0 amide bonds. The third kappa shape index (κ3) is 9.72. The lowest BCUT2D eigenvalue weighted by Crippen LogP contribution is -2.39. The van der Waals surface area contributed by atoms with Crippen LogP contribution in [0.1, 0.15) is 29.5 Å². The minimum Gasteiger partial charge on any atom is -0.486 e. The average Bonchev–Trinajstić information content (AvgIpc) is 2.96. The number of thiocarbonyl (C=S) groups is 1. The summed E-state index contributed by atoms with van der Waals surface area (Å²) in [5, 5.41) is 7.71. The monoisotopic (exact) mass is 578 g/mol. The van der Waals surface area contributed by atoms with Gasteiger partial charge in [0.1, 0.15) is 29.7 Å². The fourth-order valence-electron chi connectivity index (χ4n) is 4.59. The van der Waals surface area contributed by atoms with Crippen LogP contribution in [0.2, 0.25) is 0 Å². The number of oxime groups is 1. The standard InChI is InChI=1S/C29H37F3N4O3S/c1-35-12-10-22(11-13-35)18-33-28(40)21-38-26-8-4-24(5-9-26)27(19-36-14-16-37-17-15-36)34-39-20-23-2-6-25(7-3-23)29(30,31)32/h2-9,22H,10-21H2,1H3,(H,33,40). The van der Waals surface area contributed by atoms with Crippen LogP contribution in [0.4, 0.5) is 13.2 Å². The van der Waals surface area contributed by atoms with Gasteiger partial charge in [-0.25, -0.2) is 0 Å². The van der Waals surface area contributed by atoms with Gasteiger partial charge in [-0.05, 0) is 80.9 Å². The molecule has 1 N–H and O–H groups in total. The number of morpholine rings is 1. The van der Waals surface area contributed by atoms with Gasteiger partial charge >= 0.3 is 6.18 Å². The van der Waals surface area contributed by atoms with Gasteiger partial charge < -0.3 is 24.5 Å². The number of nitrogens with one attached hydrogen (secondary N) is 1. The first kappa shape index (κ1) is 30.2. The van der Waals surface area contributed by atoms with E-state index in [1.54, 1.807) is 0 Å². The van der Waals surface area contributed by atoms with E-state index in [4.69, 9.17) is 26.5 Å². The number of ether oxygens (including phenoxy) is 2. The van der Waals surface area contributed by atoms with Crippen LogP contribution in [0, 0.1) is 5.92 Å². The molecule has 2 heterocycles. The number of halogens is 3. The summed E-state index contributed by atoms with van der Waals surface area (Å²) in [6, 6.07) is 12.5. The Labute approximate surface area is 239 Å². The van der Waals surface area contributed by atoms with Crippen molar-refractivity contribution in [3.05, 3.63) is 65.2 Å². The Hall–Kier alpha value is -2.73. The molecule has 11 heteroatoms. The predicted molar refractivity (Wildman–Crippen MR) is 153 cm³/mol. The number of hydrogen-bond acceptors (Lipinski definition) is 7. The Kier molecular flexibility index (Phi) is 11.2. The first-order valence-electron chi connectivity index (χ1n) is 13.6. The summed E-state index contributed by atoms with van der Waals surface area (Å²) < 4.78 is 49.8. The molecule has 2 aromatic carbocycles. The largest absolute Gasteiger partial charge is 0.486 e. The Bertz CT molecular complexity index is 1100. The molecule has 40 heavy (non-hydrogen) atoms. The van der Waals surface area contributed by atoms with E-state index in [-0.39, 0.29) is 6.61 Å². The zero-order valence-corrected chi connectivity index (χ0v) is 23.6. The van der Waals surface area contributed by atoms with Crippen molar-refractivity contribution in [2.45, 2.75) is 25.6 Å². The highest BCUT2D eigenvalue weighted by molar-refractivity contribution is 7.80. The third-order valence-corrected chi connectivity index (χ3v) is 7.41. The van der Waals surface area contributed by atoms with E-state index < -0.39 is 11.7 Å². The third-order valence-electron chi connectivity index (χ3n) is 7.15. The molecule has 0 unspecified atom stereocenters. The number of hydrogen-bond donors (Lipinski definition) is 1. The molecule has 0 bridgehead atoms. The van der Waals surface area contributed by atoms with Crippen LogP contribution in [0.5, 0.6) is 5.75 Å². The van der Waals surface area contributed by atoms with Crippen LogP contribution in [0.25, 0.3) is 0 Å². The summed E-state index contributed by atoms with van der Waals surface area (Å²) in [6.45, 7) is 6.92. The maximum Gasteiger partial charge on any atom is 0.416 e. The predicted octanol–water partition coefficient (Wildman–Crippen LogP) is 4.60. The van der Waals surface area contributed by atoms with Gasteiger partial charge in [0.25, 0.3) is 0 Å². The van der Waals surface area contributed by atoms with E-state index in [0.29, 0.717) is 48.6 Å². The Morgan fingerprint density at radius 2 is 1.70 bits per heavy atom. The normalized spacial score (nSPS) is 17.9. The number of rotatable bonds is 11. The summed E-state index contributed by atoms with van der Waals surface area (Å²) in [7, 11) is 2.15. The maximum atomic E-state index is 12.8. The van der Waals surface area contributed by atoms with E-state index in [0.717, 1.165) is 56.1 Å². The molecular formula is C29H37F3N4O3S. The summed E-state index contributed by atoms with van der Waals surface area (Å²) in [5.41, 5.74) is 1.50. The summed E-state index contributed by atoms with van der Waals surface area (Å²) in [4.78, 5) is 10.9. The van der Waals surface area contributed by atoms with Crippen molar-refractivity contribution < 1.29 is 27.5 Å². The van der Waals surface area contributed by atoms with E-state index in [2.05, 4.69) is 27.3 Å². The molecular weight excluding hydrogens is 541 g/mol. The van der Waals surface area contributed by atoms with Crippen molar-refractivity contribution >= 4 is 22.9 Å². The highest BCUT2D eigenvalue weighted by Crippen LogP contribution is 2.29. The molecule has 4 rings (SSSR count). The van der Waals surface area contributed by atoms with Crippen LogP contribution in [0.15, 0.2) is 53.7 Å². The smallest absolute Gasteiger partial charge is 0.416 e. The molecule has 0 aromatic heterocycles. The molecule has 0 spiro atoms. The lowest BCUT2D eigenvalue weighted by molar-refractivity contribution is -0.137. The van der Waals surface area contributed by atoms with Gasteiger partial charge in [-0.1, -0.05) is 29.5 Å². The van der Waals surface area contributed by atoms with Crippen molar-refractivity contribution in [2.75, 3.05) is 66.1 Å². The molecule has 7 nitrogen and oxygen atoms in total. The molecule has 2 aliphatic rings. The molecule has 0 saturated carbocycles. The SMILES string of the molecule is CN1CCC(CNC(=S)COc2ccc(C(CN3CCOCC3)=NOCc3ccc(C(F)(F)F)cc3)cc2)CC1. The Morgan fingerprint density at radius 3 is 2.35 bits per heavy atom. The van der Waals surface area contributed by atoms with Gasteiger partial charge in [0.15, 0.2) is 0 Å². The molecule has 0 aliphatic carbocycles. The fourth-order valence-corrected chi connectivity index (χ4v) is 4.73. The van der Waals surface area contributed by atoms with Crippen LogP contribution >= 0.6 is 12.2 Å². The minimum atomic E-state index is -4.37. The number of nitrogens with zero attached hydrogens (tertiary/aromatic N) is 3. The molecule has 2 aromatic rings. The number of alkyl halides is 3. The van der Waals surface area contributed by atoms with E-state index in [9.17, 15) is 13.2 Å². The molecule has 0 radical (unpaired) electrons. The second-order valence-corrected chi connectivity index (χ2v) is 10.8. The molecule has 2 saturated heterocycles. The first-order chi connectivity index (χ1) is 19.3. The molecule has 2 fully saturated rings. The topological polar surface area (TPSA) is 58.6 Å². The van der Waals surface area contributed by atoms with Crippen molar-refractivity contribution in [1.29, 1.82) is 0 Å². The van der Waals surface area contributed by atoms with Gasteiger partial charge in [0, 0.05) is 31.7 Å². The zero-order valence-electron chi connectivity index (χ0n) is 22.8. The zero-order chi connectivity index (χ0) is 28.4. The number of benzene rings is 2. The maximum absolute atomic E-state index is 12.8. The van der Waals surface area contributed by atoms with Crippen LogP contribution < -0.4 is 10.1 Å². The quantitative estimate of drug-likeness (QED) is 0.238.